The maximum Gasteiger partial charge on any atom is 0.176 e. The molecule has 1 heterocycles. The molecule has 1 aliphatic heterocycles. The van der Waals surface area contributed by atoms with Crippen molar-refractivity contribution in [2.75, 3.05) is 0 Å². The Bertz CT molecular complexity index is 270. The highest BCUT2D eigenvalue weighted by atomic mass is 35.5. The highest BCUT2D eigenvalue weighted by molar-refractivity contribution is 6.44. The van der Waals surface area contributed by atoms with Crippen molar-refractivity contribution < 1.29 is 4.74 Å². The van der Waals surface area contributed by atoms with Crippen molar-refractivity contribution in [3.05, 3.63) is 23.8 Å². The zero-order valence-corrected chi connectivity index (χ0v) is 6.49. The summed E-state index contributed by atoms with van der Waals surface area (Å²) in [7, 11) is 0. The fourth-order valence-electron chi connectivity index (χ4n) is 0.882. The van der Waals surface area contributed by atoms with Gasteiger partial charge in [0.2, 0.25) is 0 Å². The molecule has 10 heavy (non-hydrogen) atoms. The lowest BCUT2D eigenvalue weighted by atomic mass is 10.2. The number of halogens is 2. The smallest absolute Gasteiger partial charge is 0.176 e. The van der Waals surface area contributed by atoms with Crippen LogP contribution in [-0.2, 0) is 0 Å². The average Bonchev–Trinajstić information content (AvgIpc) is 2.63. The first kappa shape index (κ1) is 6.32. The van der Waals surface area contributed by atoms with E-state index >= 15 is 0 Å². The van der Waals surface area contributed by atoms with Crippen LogP contribution in [-0.4, -0.2) is 0 Å². The highest BCUT2D eigenvalue weighted by Gasteiger charge is 2.26. The molecule has 0 N–H and O–H groups in total. The van der Waals surface area contributed by atoms with E-state index in [2.05, 4.69) is 0 Å². The molecule has 0 saturated carbocycles. The molecule has 0 amide bonds. The molecule has 0 radical (unpaired) electrons. The first-order valence-electron chi connectivity index (χ1n) is 2.88. The van der Waals surface area contributed by atoms with Gasteiger partial charge in [-0.15, -0.1) is 0 Å². The van der Waals surface area contributed by atoms with Gasteiger partial charge in [0.15, 0.2) is 11.5 Å². The van der Waals surface area contributed by atoms with Crippen LogP contribution in [0.2, 0.25) is 0 Å². The Balaban J connectivity index is 2.46. The Kier molecular flexibility index (Phi) is 1.29. The number of benzene rings is 1. The molecular formula is C7H4Cl2O. The lowest BCUT2D eigenvalue weighted by Crippen LogP contribution is -1.74. The van der Waals surface area contributed by atoms with Crippen LogP contribution >= 0.6 is 23.2 Å². The number of hydrogen-bond acceptors (Lipinski definition) is 1. The Morgan fingerprint density at radius 2 is 2.10 bits per heavy atom. The van der Waals surface area contributed by atoms with Crippen molar-refractivity contribution in [2.24, 2.45) is 0 Å². The maximum atomic E-state index is 5.63. The molecular weight excluding hydrogens is 171 g/mol. The summed E-state index contributed by atoms with van der Waals surface area (Å²) in [4.78, 5) is -0.475. The summed E-state index contributed by atoms with van der Waals surface area (Å²) in [5.74, 6) is 1.74. The average molecular weight is 175 g/mol. The topological polar surface area (TPSA) is 12.5 Å². The minimum atomic E-state index is -0.475. The number of para-hydroxylation sites is 1. The van der Waals surface area contributed by atoms with Crippen LogP contribution in [0.5, 0.6) is 11.5 Å². The zero-order valence-electron chi connectivity index (χ0n) is 4.97. The molecule has 1 aromatic carbocycles. The van der Waals surface area contributed by atoms with Crippen molar-refractivity contribution in [2.45, 2.75) is 4.84 Å². The van der Waals surface area contributed by atoms with Crippen LogP contribution < -0.4 is 4.74 Å². The van der Waals surface area contributed by atoms with Gasteiger partial charge in [0.1, 0.15) is 4.84 Å². The lowest BCUT2D eigenvalue weighted by molar-refractivity contribution is 0.646. The molecule has 0 fully saturated rings. The highest BCUT2D eigenvalue weighted by Crippen LogP contribution is 2.51. The van der Waals surface area contributed by atoms with E-state index in [1.54, 1.807) is 0 Å². The molecule has 2 rings (SSSR count). The quantitative estimate of drug-likeness (QED) is 0.478. The SMILES string of the molecule is ClC(Cl)c1cccc2c1O2. The van der Waals surface area contributed by atoms with Gasteiger partial charge in [-0.05, 0) is 6.07 Å². The van der Waals surface area contributed by atoms with E-state index in [1.165, 1.54) is 0 Å². The van der Waals surface area contributed by atoms with E-state index in [-0.39, 0.29) is 0 Å². The van der Waals surface area contributed by atoms with E-state index in [0.717, 1.165) is 17.1 Å². The van der Waals surface area contributed by atoms with Gasteiger partial charge in [-0.3, -0.25) is 0 Å². The van der Waals surface area contributed by atoms with Gasteiger partial charge in [0, 0.05) is 5.56 Å². The van der Waals surface area contributed by atoms with Gasteiger partial charge in [-0.2, -0.15) is 0 Å². The summed E-state index contributed by atoms with van der Waals surface area (Å²) >= 11 is 11.3. The van der Waals surface area contributed by atoms with Crippen LogP contribution in [0.25, 0.3) is 0 Å². The largest absolute Gasteiger partial charge is 0.449 e. The molecule has 3 heteroatoms. The summed E-state index contributed by atoms with van der Waals surface area (Å²) in [6.07, 6.45) is 0. The van der Waals surface area contributed by atoms with Gasteiger partial charge >= 0.3 is 0 Å². The van der Waals surface area contributed by atoms with Crippen molar-refractivity contribution in [3.63, 3.8) is 0 Å². The second-order valence-electron chi connectivity index (χ2n) is 2.08. The van der Waals surface area contributed by atoms with Crippen LogP contribution in [0, 0.1) is 0 Å². The molecule has 0 unspecified atom stereocenters. The Morgan fingerprint density at radius 3 is 2.70 bits per heavy atom. The third kappa shape index (κ3) is 0.862. The van der Waals surface area contributed by atoms with Gasteiger partial charge in [-0.25, -0.2) is 0 Å². The van der Waals surface area contributed by atoms with Crippen LogP contribution in [0.3, 0.4) is 0 Å². The van der Waals surface area contributed by atoms with Crippen molar-refractivity contribution in [1.82, 2.24) is 0 Å². The normalized spacial score (nSPS) is 12.7. The molecule has 1 aromatic rings. The van der Waals surface area contributed by atoms with E-state index in [0.29, 0.717) is 0 Å². The van der Waals surface area contributed by atoms with E-state index in [4.69, 9.17) is 27.9 Å². The summed E-state index contributed by atoms with van der Waals surface area (Å²) in [6, 6.07) is 5.62. The standard InChI is InChI=1S/C7H4Cl2O/c8-7(9)4-2-1-3-5-6(4)10-5/h1-3,7H. The molecule has 0 aliphatic carbocycles. The second kappa shape index (κ2) is 2.04. The Morgan fingerprint density at radius 1 is 1.30 bits per heavy atom. The predicted octanol–water partition coefficient (Wildman–Crippen LogP) is 3.27. The van der Waals surface area contributed by atoms with Crippen LogP contribution in [0.4, 0.5) is 0 Å². The van der Waals surface area contributed by atoms with Crippen LogP contribution in [0.15, 0.2) is 18.2 Å². The minimum Gasteiger partial charge on any atom is -0.449 e. The first-order chi connectivity index (χ1) is 4.79. The summed E-state index contributed by atoms with van der Waals surface area (Å²) in [5, 5.41) is 0. The molecule has 0 spiro atoms. The van der Waals surface area contributed by atoms with E-state index in [1.807, 2.05) is 18.2 Å². The summed E-state index contributed by atoms with van der Waals surface area (Å²) in [6.45, 7) is 0. The van der Waals surface area contributed by atoms with Gasteiger partial charge in [-0.1, -0.05) is 35.3 Å². The van der Waals surface area contributed by atoms with E-state index in [9.17, 15) is 0 Å². The van der Waals surface area contributed by atoms with Crippen molar-refractivity contribution in [3.8, 4) is 11.5 Å². The van der Waals surface area contributed by atoms with Gasteiger partial charge in [0.25, 0.3) is 0 Å². The number of rotatable bonds is 1. The predicted molar refractivity (Wildman–Crippen MR) is 41.0 cm³/mol. The van der Waals surface area contributed by atoms with Gasteiger partial charge < -0.3 is 4.74 Å². The fourth-order valence-corrected chi connectivity index (χ4v) is 1.23. The van der Waals surface area contributed by atoms with Crippen LogP contribution in [0.1, 0.15) is 10.4 Å². The van der Waals surface area contributed by atoms with E-state index < -0.39 is 4.84 Å². The molecule has 0 atom stereocenters. The van der Waals surface area contributed by atoms with Crippen molar-refractivity contribution in [1.29, 1.82) is 0 Å². The maximum absolute atomic E-state index is 5.63. The second-order valence-corrected chi connectivity index (χ2v) is 3.17. The summed E-state index contributed by atoms with van der Waals surface area (Å²) in [5.41, 5.74) is 0.862. The monoisotopic (exact) mass is 174 g/mol. The summed E-state index contributed by atoms with van der Waals surface area (Å²) < 4.78 is 5.06. The third-order valence-electron chi connectivity index (χ3n) is 1.41. The molecule has 0 aromatic heterocycles. The molecule has 52 valence electrons. The number of alkyl halides is 2. The molecule has 1 nitrogen and oxygen atoms in total. The zero-order chi connectivity index (χ0) is 7.14. The third-order valence-corrected chi connectivity index (χ3v) is 1.89. The number of ether oxygens (including phenoxy) is 1. The Labute approximate surface area is 68.5 Å². The first-order valence-corrected chi connectivity index (χ1v) is 3.75. The van der Waals surface area contributed by atoms with Crippen molar-refractivity contribution >= 4 is 23.2 Å². The molecule has 1 aliphatic rings. The minimum absolute atomic E-state index is 0.475. The van der Waals surface area contributed by atoms with Gasteiger partial charge in [0.05, 0.1) is 0 Å². The molecule has 0 bridgehead atoms. The lowest BCUT2D eigenvalue weighted by Gasteiger charge is -1.94. The fraction of sp³-hybridized carbons (Fsp3) is 0.143. The molecule has 0 saturated heterocycles. The Hall–Kier alpha value is -0.400. The number of fused-ring (bicyclic) bond motifs is 1. The number of hydrogen-bond donors (Lipinski definition) is 0.